The summed E-state index contributed by atoms with van der Waals surface area (Å²) in [7, 11) is 1.46. The van der Waals surface area contributed by atoms with Gasteiger partial charge >= 0.3 is 6.36 Å². The van der Waals surface area contributed by atoms with E-state index in [1.165, 1.54) is 37.7 Å². The van der Waals surface area contributed by atoms with Crippen molar-refractivity contribution in [2.24, 2.45) is 11.7 Å². The molecule has 7 aliphatic heterocycles. The molecular weight excluding hydrogens is 1680 g/mol. The summed E-state index contributed by atoms with van der Waals surface area (Å²) >= 11 is 14.3. The van der Waals surface area contributed by atoms with Gasteiger partial charge in [0.25, 0.3) is 5.91 Å². The van der Waals surface area contributed by atoms with Crippen molar-refractivity contribution >= 4 is 82.1 Å². The molecule has 11 bridgehead atoms. The summed E-state index contributed by atoms with van der Waals surface area (Å²) in [4.78, 5) is 132. The van der Waals surface area contributed by atoms with Gasteiger partial charge in [-0.05, 0) is 151 Å². The first-order valence-electron chi connectivity index (χ1n) is 38.6. The number of likely N-dealkylation sites (N-methyl/N-ethyl adjacent to an activating group) is 1. The number of carbonyl (C=O) groups excluding carboxylic acids is 9. The second-order valence-electron chi connectivity index (χ2n) is 30.7. The standard InChI is InChI=1S/C82H88Cl2F3N11O26/c1-33(2)19-48(89-5)73(110)96-64-66(105)38-12-17-52(46(83)23-38)119-54-25-40-26-55(70(54)123-80-71(69(108)68(107)56(32-99)121-80)122-59-30-81(4,72(109)34(3)118-59)90-31-36-7-6-8-41(20-36)91-58(104)21-35-9-14-43(15-10-35)124-82(85,86)87)120-53-18-13-39(24-47(53)84)67(106)65-78(115)95-63(79(116)98-117)45-27-42(100)28-51(102)60(45)44-22-37(11-16-50(44)101)61(75(112)97-65)94-76(113)62(40)93-74(111)49(29-57(88)103)92-77(64)114/h6-18,20,22-28,33-34,48-49,56,59,61-69,71-72,80,89-90,99-102,105-109,117H,19,21,29-32H2,1-5H3,(H2,88,103)(H,91,104)(H,92,114)(H,93,111)(H,94,113)(H,95,115)(H,96,110)(H,97,112)(H,98,116)/t34-,48+,49-,56+,59-,61+,62+,63+,64+,65-,66+,67+,68+,69-,71+,72+,80-,81-/m0/s1. The molecule has 124 heavy (non-hydrogen) atoms. The number of anilines is 1. The number of carbonyl (C=O) groups is 9. The zero-order valence-electron chi connectivity index (χ0n) is 66.2. The number of primary amides is 1. The third-order valence-corrected chi connectivity index (χ3v) is 21.9. The molecule has 9 amide bonds. The molecule has 7 heterocycles. The molecule has 7 aliphatic rings. The second kappa shape index (κ2) is 38.2. The van der Waals surface area contributed by atoms with Gasteiger partial charge in [0.05, 0.1) is 47.7 Å². The van der Waals surface area contributed by atoms with Crippen LogP contribution in [0, 0.1) is 5.92 Å². The van der Waals surface area contributed by atoms with Gasteiger partial charge in [0, 0.05) is 41.4 Å². The number of ether oxygens (including phenoxy) is 7. The summed E-state index contributed by atoms with van der Waals surface area (Å²) in [6, 6.07) is 10.1. The zero-order chi connectivity index (χ0) is 89.8. The Morgan fingerprint density at radius 2 is 1.33 bits per heavy atom. The summed E-state index contributed by atoms with van der Waals surface area (Å²) in [6.07, 6.45) is -24.8. The summed E-state index contributed by atoms with van der Waals surface area (Å²) in [5.41, 5.74) is 4.00. The Morgan fingerprint density at radius 1 is 0.694 bits per heavy atom. The molecule has 18 atom stereocenters. The van der Waals surface area contributed by atoms with Crippen molar-refractivity contribution < 1.29 is 141 Å². The van der Waals surface area contributed by atoms with Crippen LogP contribution in [0.15, 0.2) is 127 Å². The fourth-order valence-corrected chi connectivity index (χ4v) is 15.4. The van der Waals surface area contributed by atoms with Crippen molar-refractivity contribution in [3.05, 3.63) is 176 Å². The molecule has 2 fully saturated rings. The van der Waals surface area contributed by atoms with Crippen LogP contribution in [0.5, 0.6) is 51.7 Å². The van der Waals surface area contributed by atoms with E-state index in [4.69, 9.17) is 57.4 Å². The largest absolute Gasteiger partial charge is 0.573 e. The number of hydrogen-bond acceptors (Lipinski definition) is 28. The maximum absolute atomic E-state index is 16.3. The number of aliphatic hydroxyl groups is 6. The van der Waals surface area contributed by atoms with Crippen molar-refractivity contribution in [1.82, 2.24) is 48.0 Å². The van der Waals surface area contributed by atoms with Gasteiger partial charge in [-0.1, -0.05) is 79.5 Å². The van der Waals surface area contributed by atoms with Gasteiger partial charge in [-0.3, -0.25) is 48.4 Å². The Labute approximate surface area is 712 Å². The minimum absolute atomic E-state index is 0.0156. The van der Waals surface area contributed by atoms with Gasteiger partial charge in [-0.15, -0.1) is 13.2 Å². The first-order chi connectivity index (χ1) is 58.7. The van der Waals surface area contributed by atoms with Gasteiger partial charge in [0.2, 0.25) is 59.3 Å². The van der Waals surface area contributed by atoms with Crippen LogP contribution < -0.4 is 78.0 Å². The molecule has 0 aromatic heterocycles. The number of alkyl halides is 3. The van der Waals surface area contributed by atoms with Crippen LogP contribution >= 0.6 is 23.2 Å². The summed E-state index contributed by atoms with van der Waals surface area (Å²) in [5, 5.41) is 139. The highest BCUT2D eigenvalue weighted by atomic mass is 35.5. The molecule has 7 aromatic rings. The van der Waals surface area contributed by atoms with Crippen LogP contribution in [-0.2, 0) is 70.3 Å². The lowest BCUT2D eigenvalue weighted by Gasteiger charge is -2.48. The molecule has 0 radical (unpaired) electrons. The molecule has 42 heteroatoms. The predicted molar refractivity (Wildman–Crippen MR) is 426 cm³/mol. The monoisotopic (exact) mass is 1770 g/mol. The molecule has 14 rings (SSSR count). The lowest BCUT2D eigenvalue weighted by atomic mass is 9.84. The van der Waals surface area contributed by atoms with Crippen LogP contribution in [0.2, 0.25) is 10.0 Å². The Kier molecular flexibility index (Phi) is 28.2. The van der Waals surface area contributed by atoms with Crippen molar-refractivity contribution in [2.75, 3.05) is 19.0 Å². The van der Waals surface area contributed by atoms with E-state index < -0.39 is 266 Å². The van der Waals surface area contributed by atoms with E-state index >= 15 is 19.2 Å². The molecule has 0 aliphatic carbocycles. The topological polar surface area (TPSA) is 567 Å². The number of rotatable bonds is 20. The smallest absolute Gasteiger partial charge is 0.508 e. The fourth-order valence-electron chi connectivity index (χ4n) is 15.0. The number of nitrogens with two attached hydrogens (primary N) is 1. The van der Waals surface area contributed by atoms with E-state index in [0.717, 1.165) is 84.9 Å². The number of phenols is 3. The summed E-state index contributed by atoms with van der Waals surface area (Å²) in [6.45, 7) is 5.66. The highest BCUT2D eigenvalue weighted by Crippen LogP contribution is 2.50. The molecule has 2 saturated heterocycles. The van der Waals surface area contributed by atoms with Crippen molar-refractivity contribution in [1.29, 1.82) is 0 Å². The third kappa shape index (κ3) is 20.8. The van der Waals surface area contributed by atoms with Gasteiger partial charge in [0.15, 0.2) is 23.9 Å². The maximum Gasteiger partial charge on any atom is 0.573 e. The number of aliphatic hydroxyl groups excluding tert-OH is 6. The van der Waals surface area contributed by atoms with Gasteiger partial charge < -0.3 is 133 Å². The molecule has 0 spiro atoms. The average molecular weight is 1770 g/mol. The first kappa shape index (κ1) is 91.5. The fraction of sp³-hybridized carbons (Fsp3) is 0.378. The number of benzene rings is 7. The van der Waals surface area contributed by atoms with Crippen LogP contribution in [0.1, 0.15) is 116 Å². The Balaban J connectivity index is 0.996. The van der Waals surface area contributed by atoms with Crippen LogP contribution in [0.4, 0.5) is 18.9 Å². The minimum atomic E-state index is -4.93. The van der Waals surface area contributed by atoms with E-state index in [1.54, 1.807) is 45.0 Å². The predicted octanol–water partition coefficient (Wildman–Crippen LogP) is 3.44. The molecule has 37 nitrogen and oxygen atoms in total. The lowest BCUT2D eigenvalue weighted by Crippen LogP contribution is -2.65. The van der Waals surface area contributed by atoms with E-state index in [-0.39, 0.29) is 48.4 Å². The molecule has 662 valence electrons. The SMILES string of the molecule is CN[C@H](CC(C)C)C(=O)N[C@H]1C(=O)N[C@@H](CC(N)=O)C(=O)N[C@H]2C(=O)N[C@H]3C(=O)N[C@H](C(=O)N[C@@H](C(=O)NO)c4cc(O)cc(O)c4-c4cc3ccc4O)[C@H](O)c3ccc(c(Cl)c3)Oc3cc2cc(c3O[C@@H]2O[C@H](CO)[C@@H](O)[C@H](O)[C@H]2O[C@H]2C[C@](C)(NCc3cccc(NC(=O)Cc4ccc(OC(F)(F)F)cc4)c3)[C@H](O)[C@H](C)O2)Oc2ccc(cc2Cl)[C@H]1O. The quantitative estimate of drug-likeness (QED) is 0.0384. The molecule has 7 aromatic carbocycles. The van der Waals surface area contributed by atoms with Gasteiger partial charge in [0.1, 0.15) is 101 Å². The average Bonchev–Trinajstić information content (AvgIpc) is 0.783. The molecule has 0 unspecified atom stereocenters. The zero-order valence-corrected chi connectivity index (χ0v) is 67.7. The van der Waals surface area contributed by atoms with E-state index in [2.05, 4.69) is 52.6 Å². The van der Waals surface area contributed by atoms with E-state index in [0.29, 0.717) is 16.8 Å². The van der Waals surface area contributed by atoms with Crippen LogP contribution in [0.3, 0.4) is 0 Å². The van der Waals surface area contributed by atoms with Crippen LogP contribution in [0.25, 0.3) is 11.1 Å². The number of aromatic hydroxyl groups is 3. The number of hydroxylamine groups is 1. The van der Waals surface area contributed by atoms with Crippen molar-refractivity contribution in [3.8, 4) is 62.9 Å². The number of phenolic OH excluding ortho intramolecular Hbond substituents is 3. The Morgan fingerprint density at radius 3 is 1.95 bits per heavy atom. The highest BCUT2D eigenvalue weighted by Gasteiger charge is 2.52. The van der Waals surface area contributed by atoms with Crippen molar-refractivity contribution in [3.63, 3.8) is 0 Å². The molecule has 0 saturated carbocycles. The van der Waals surface area contributed by atoms with Gasteiger partial charge in [-0.2, -0.15) is 0 Å². The number of fused-ring (bicyclic) bond motifs is 15. The van der Waals surface area contributed by atoms with Crippen molar-refractivity contribution in [2.45, 2.75) is 176 Å². The highest BCUT2D eigenvalue weighted by molar-refractivity contribution is 6.32. The third-order valence-electron chi connectivity index (χ3n) is 21.3. The molecule has 22 N–H and O–H groups in total. The number of nitrogens with one attached hydrogen (secondary N) is 10. The van der Waals surface area contributed by atoms with E-state index in [1.807, 2.05) is 0 Å². The number of hydrogen-bond donors (Lipinski definition) is 21. The Hall–Kier alpha value is -11.7. The van der Waals surface area contributed by atoms with E-state index in [9.17, 15) is 88.3 Å². The molecular formula is C82H88Cl2F3N11O26. The summed E-state index contributed by atoms with van der Waals surface area (Å²) in [5.74, 6) is -17.2. The van der Waals surface area contributed by atoms with Gasteiger partial charge in [-0.25, -0.2) is 5.48 Å². The normalized spacial score (nSPS) is 26.2. The lowest BCUT2D eigenvalue weighted by molar-refractivity contribution is -0.334. The second-order valence-corrected chi connectivity index (χ2v) is 31.5. The maximum atomic E-state index is 16.3. The number of amides is 9. The summed E-state index contributed by atoms with van der Waals surface area (Å²) < 4.78 is 81.8. The Bertz CT molecular complexity index is 5240. The first-order valence-corrected chi connectivity index (χ1v) is 39.3. The minimum Gasteiger partial charge on any atom is -0.508 e. The number of halogens is 5. The van der Waals surface area contributed by atoms with Crippen LogP contribution in [-0.4, -0.2) is 203 Å².